The second-order valence-corrected chi connectivity index (χ2v) is 8.19. The Morgan fingerprint density at radius 1 is 1.16 bits per heavy atom. The molecule has 0 saturated heterocycles. The van der Waals surface area contributed by atoms with Crippen molar-refractivity contribution in [1.29, 1.82) is 0 Å². The summed E-state index contributed by atoms with van der Waals surface area (Å²) in [5, 5.41) is 12.8. The summed E-state index contributed by atoms with van der Waals surface area (Å²) >= 11 is 6.00. The van der Waals surface area contributed by atoms with E-state index in [0.717, 1.165) is 24.9 Å². The Morgan fingerprint density at radius 3 is 2.65 bits per heavy atom. The monoisotopic (exact) mass is 437 g/mol. The summed E-state index contributed by atoms with van der Waals surface area (Å²) in [6.45, 7) is 1.39. The van der Waals surface area contributed by atoms with Crippen LogP contribution in [0.3, 0.4) is 0 Å². The van der Waals surface area contributed by atoms with Gasteiger partial charge in [-0.3, -0.25) is 14.2 Å². The molecule has 0 aliphatic heterocycles. The fraction of sp³-hybridized carbons (Fsp3) is 0.292. The molecule has 7 heteroatoms. The Balaban J connectivity index is 1.68. The molecule has 0 saturated carbocycles. The molecule has 0 bridgehead atoms. The van der Waals surface area contributed by atoms with Crippen molar-refractivity contribution < 1.29 is 9.90 Å². The van der Waals surface area contributed by atoms with Crippen molar-refractivity contribution in [3.05, 3.63) is 80.2 Å². The lowest BCUT2D eigenvalue weighted by Crippen LogP contribution is -2.33. The van der Waals surface area contributed by atoms with Gasteiger partial charge in [0.05, 0.1) is 0 Å². The van der Waals surface area contributed by atoms with E-state index in [-0.39, 0.29) is 31.0 Å². The first-order chi connectivity index (χ1) is 15.0. The zero-order chi connectivity index (χ0) is 22.0. The molecule has 0 atom stereocenters. The Morgan fingerprint density at radius 2 is 1.90 bits per heavy atom. The quantitative estimate of drug-likeness (QED) is 0.617. The number of aliphatic hydroxyl groups excluding tert-OH is 1. The number of nitrogens with zero attached hydrogens (tertiary/aromatic N) is 2. The normalized spacial score (nSPS) is 12.6. The number of carbonyl (C=O) groups excluding carboxylic acids is 1. The van der Waals surface area contributed by atoms with Crippen molar-refractivity contribution in [2.24, 2.45) is 0 Å². The summed E-state index contributed by atoms with van der Waals surface area (Å²) in [5.74, 6) is 0.0841. The van der Waals surface area contributed by atoms with E-state index in [2.05, 4.69) is 16.4 Å². The fourth-order valence-corrected chi connectivity index (χ4v) is 4.19. The van der Waals surface area contributed by atoms with Crippen molar-refractivity contribution in [2.45, 2.75) is 39.2 Å². The molecule has 4 rings (SSSR count). The molecule has 2 N–H and O–H groups in total. The molecule has 31 heavy (non-hydrogen) atoms. The summed E-state index contributed by atoms with van der Waals surface area (Å²) < 4.78 is 1.37. The topological polar surface area (TPSA) is 84.2 Å². The van der Waals surface area contributed by atoms with Gasteiger partial charge >= 0.3 is 0 Å². The minimum atomic E-state index is -0.324. The van der Waals surface area contributed by atoms with E-state index in [4.69, 9.17) is 11.6 Å². The van der Waals surface area contributed by atoms with Gasteiger partial charge in [0.15, 0.2) is 0 Å². The van der Waals surface area contributed by atoms with E-state index in [9.17, 15) is 14.7 Å². The van der Waals surface area contributed by atoms with E-state index in [0.29, 0.717) is 27.7 Å². The molecule has 3 aromatic rings. The number of aliphatic hydroxyl groups is 1. The van der Waals surface area contributed by atoms with Gasteiger partial charge in [0.2, 0.25) is 5.91 Å². The van der Waals surface area contributed by atoms with Gasteiger partial charge in [0.25, 0.3) is 5.56 Å². The summed E-state index contributed by atoms with van der Waals surface area (Å²) in [7, 11) is 0. The van der Waals surface area contributed by atoms with E-state index in [1.54, 1.807) is 31.2 Å². The van der Waals surface area contributed by atoms with Crippen LogP contribution >= 0.6 is 11.6 Å². The Labute approximate surface area is 185 Å². The van der Waals surface area contributed by atoms with Crippen molar-refractivity contribution in [2.75, 3.05) is 11.9 Å². The highest BCUT2D eigenvalue weighted by Crippen LogP contribution is 2.25. The first kappa shape index (κ1) is 21.3. The van der Waals surface area contributed by atoms with Crippen molar-refractivity contribution in [3.63, 3.8) is 0 Å². The third-order valence-corrected chi connectivity index (χ3v) is 5.87. The molecule has 160 valence electrons. The summed E-state index contributed by atoms with van der Waals surface area (Å²) in [6.07, 6.45) is 3.41. The second-order valence-electron chi connectivity index (χ2n) is 7.76. The number of hydrogen-bond donors (Lipinski definition) is 2. The van der Waals surface area contributed by atoms with Crippen LogP contribution in [0, 0.1) is 6.92 Å². The predicted molar refractivity (Wildman–Crippen MR) is 122 cm³/mol. The number of benzene rings is 2. The molecule has 1 heterocycles. The maximum atomic E-state index is 13.2. The number of amides is 1. The zero-order valence-corrected chi connectivity index (χ0v) is 18.1. The summed E-state index contributed by atoms with van der Waals surface area (Å²) in [6, 6.07) is 12.9. The highest BCUT2D eigenvalue weighted by Gasteiger charge is 2.18. The average Bonchev–Trinajstić information content (AvgIpc) is 3.21. The Bertz CT molecular complexity index is 1190. The van der Waals surface area contributed by atoms with Crippen LogP contribution in [0.2, 0.25) is 5.02 Å². The van der Waals surface area contributed by atoms with E-state index in [1.807, 2.05) is 12.1 Å². The number of anilines is 1. The van der Waals surface area contributed by atoms with Gasteiger partial charge in [-0.15, -0.1) is 0 Å². The average molecular weight is 438 g/mol. The van der Waals surface area contributed by atoms with Crippen LogP contribution in [-0.4, -0.2) is 27.2 Å². The van der Waals surface area contributed by atoms with Gasteiger partial charge in [-0.25, -0.2) is 4.98 Å². The molecular weight excluding hydrogens is 414 g/mol. The third kappa shape index (κ3) is 4.55. The highest BCUT2D eigenvalue weighted by molar-refractivity contribution is 6.30. The van der Waals surface area contributed by atoms with Crippen molar-refractivity contribution >= 4 is 23.2 Å². The number of halogens is 1. The molecular formula is C24H24ClN3O3. The van der Waals surface area contributed by atoms with Gasteiger partial charge in [-0.2, -0.15) is 0 Å². The van der Waals surface area contributed by atoms with Crippen molar-refractivity contribution in [3.8, 4) is 11.4 Å². The number of rotatable bonds is 6. The molecule has 6 nitrogen and oxygen atoms in total. The molecule has 0 spiro atoms. The van der Waals surface area contributed by atoms with Gasteiger partial charge in [0.1, 0.15) is 12.4 Å². The van der Waals surface area contributed by atoms with E-state index >= 15 is 0 Å². The molecule has 1 aliphatic carbocycles. The lowest BCUT2D eigenvalue weighted by Gasteiger charge is -2.16. The highest BCUT2D eigenvalue weighted by atomic mass is 35.5. The van der Waals surface area contributed by atoms with E-state index < -0.39 is 0 Å². The van der Waals surface area contributed by atoms with Crippen LogP contribution in [0.4, 0.5) is 5.69 Å². The maximum Gasteiger partial charge on any atom is 0.257 e. The van der Waals surface area contributed by atoms with Gasteiger partial charge in [0, 0.05) is 40.6 Å². The standard InChI is InChI=1S/C24H24ClN3O3/c1-15-21(11-12-29)24(31)28(23(26-15)17-5-8-19(25)9-6-17)14-22(30)27-20-10-7-16-3-2-4-18(16)13-20/h5-10,13,29H,2-4,11-12,14H2,1H3,(H,27,30). The Kier molecular flexibility index (Phi) is 6.20. The summed E-state index contributed by atoms with van der Waals surface area (Å²) in [4.78, 5) is 30.6. The van der Waals surface area contributed by atoms with Gasteiger partial charge < -0.3 is 10.4 Å². The van der Waals surface area contributed by atoms with Crippen LogP contribution in [0.15, 0.2) is 47.3 Å². The molecule has 0 radical (unpaired) electrons. The number of aromatic nitrogens is 2. The smallest absolute Gasteiger partial charge is 0.257 e. The Hall–Kier alpha value is -2.96. The van der Waals surface area contributed by atoms with Crippen LogP contribution < -0.4 is 10.9 Å². The van der Waals surface area contributed by atoms with E-state index in [1.165, 1.54) is 15.7 Å². The lowest BCUT2D eigenvalue weighted by atomic mass is 10.1. The second kappa shape index (κ2) is 9.04. The molecule has 0 fully saturated rings. The predicted octanol–water partition coefficient (Wildman–Crippen LogP) is 3.53. The third-order valence-electron chi connectivity index (χ3n) is 5.62. The number of carbonyl (C=O) groups is 1. The molecule has 1 aromatic heterocycles. The lowest BCUT2D eigenvalue weighted by molar-refractivity contribution is -0.116. The number of fused-ring (bicyclic) bond motifs is 1. The molecule has 0 unspecified atom stereocenters. The first-order valence-electron chi connectivity index (χ1n) is 10.3. The summed E-state index contributed by atoms with van der Waals surface area (Å²) in [5.41, 5.74) is 4.63. The molecule has 1 aliphatic rings. The number of aryl methyl sites for hydroxylation is 3. The maximum absolute atomic E-state index is 13.2. The van der Waals surface area contributed by atoms with Gasteiger partial charge in [-0.05, 0) is 73.7 Å². The minimum Gasteiger partial charge on any atom is -0.396 e. The zero-order valence-electron chi connectivity index (χ0n) is 17.3. The number of hydrogen-bond acceptors (Lipinski definition) is 4. The molecule has 2 aromatic carbocycles. The van der Waals surface area contributed by atoms with Crippen LogP contribution in [-0.2, 0) is 30.6 Å². The van der Waals surface area contributed by atoms with Crippen LogP contribution in [0.1, 0.15) is 28.8 Å². The van der Waals surface area contributed by atoms with Crippen LogP contribution in [0.5, 0.6) is 0 Å². The van der Waals surface area contributed by atoms with Gasteiger partial charge in [-0.1, -0.05) is 17.7 Å². The van der Waals surface area contributed by atoms with Crippen LogP contribution in [0.25, 0.3) is 11.4 Å². The number of nitrogens with one attached hydrogen (secondary N) is 1. The van der Waals surface area contributed by atoms with Crippen molar-refractivity contribution in [1.82, 2.24) is 9.55 Å². The first-order valence-corrected chi connectivity index (χ1v) is 10.7. The molecule has 1 amide bonds. The fourth-order valence-electron chi connectivity index (χ4n) is 4.06. The minimum absolute atomic E-state index is 0.167. The SMILES string of the molecule is Cc1nc(-c2ccc(Cl)cc2)n(CC(=O)Nc2ccc3c(c2)CCC3)c(=O)c1CCO. The largest absolute Gasteiger partial charge is 0.396 e.